The molecule has 0 bridgehead atoms. The summed E-state index contributed by atoms with van der Waals surface area (Å²) in [7, 11) is 0. The van der Waals surface area contributed by atoms with Gasteiger partial charge in [-0.05, 0) is 41.4 Å². The third-order valence-corrected chi connectivity index (χ3v) is 9.30. The fourth-order valence-electron chi connectivity index (χ4n) is 7.15. The first-order valence-corrected chi connectivity index (χ1v) is 16.1. The van der Waals surface area contributed by atoms with E-state index in [4.69, 9.17) is 30.3 Å². The van der Waals surface area contributed by atoms with Gasteiger partial charge in [-0.2, -0.15) is 0 Å². The first-order chi connectivity index (χ1) is 28.5. The topological polar surface area (TPSA) is 56.2 Å². The number of para-hydroxylation sites is 2. The van der Waals surface area contributed by atoms with Crippen LogP contribution in [0.4, 0.5) is 0 Å². The molecular formula is C45H26N4O. The summed E-state index contributed by atoms with van der Waals surface area (Å²) in [5, 5.41) is 1.61. The molecule has 7 aromatic carbocycles. The van der Waals surface area contributed by atoms with Crippen molar-refractivity contribution in [2.45, 2.75) is 0 Å². The molecule has 0 atom stereocenters. The molecule has 0 aliphatic rings. The van der Waals surface area contributed by atoms with Gasteiger partial charge in [0.2, 0.25) is 0 Å². The van der Waals surface area contributed by atoms with Crippen molar-refractivity contribution >= 4 is 60.0 Å². The molecule has 0 radical (unpaired) electrons. The highest BCUT2D eigenvalue weighted by Crippen LogP contribution is 2.47. The van der Waals surface area contributed by atoms with E-state index in [0.29, 0.717) is 50.3 Å². The van der Waals surface area contributed by atoms with Crippen molar-refractivity contribution in [3.05, 3.63) is 158 Å². The van der Waals surface area contributed by atoms with Crippen molar-refractivity contribution in [3.8, 4) is 45.3 Å². The lowest BCUT2D eigenvalue weighted by molar-refractivity contribution is 0.673. The zero-order valence-electron chi connectivity index (χ0n) is 35.0. The van der Waals surface area contributed by atoms with Gasteiger partial charge in [-0.1, -0.05) is 127 Å². The molecular weight excluding hydrogens is 613 g/mol. The Kier molecular flexibility index (Phi) is 4.10. The monoisotopic (exact) mass is 647 g/mol. The summed E-state index contributed by atoms with van der Waals surface area (Å²) in [4.78, 5) is 14.7. The van der Waals surface area contributed by atoms with Crippen LogP contribution in [-0.4, -0.2) is 19.4 Å². The highest BCUT2D eigenvalue weighted by atomic mass is 16.3. The SMILES string of the molecule is [2H]c1c([2H])c([2H])c2c(c1[2H])c1c([2H])c3c(oc4cccc(-c5cccc(-c6nc(-c7ccccc7)nc(-c7ccccc7)n6)c5)c43)c3c4c([2H])c([2H])c([2H])c([2H])c4n2c13. The first kappa shape index (κ1) is 19.8. The third kappa shape index (κ3) is 3.86. The smallest absolute Gasteiger partial charge is 0.164 e. The fraction of sp³-hybridized carbons (Fsp3) is 0. The Bertz CT molecular complexity index is 3550. The average Bonchev–Trinajstić information content (AvgIpc) is 3.95. The molecule has 232 valence electrons. The fourth-order valence-corrected chi connectivity index (χ4v) is 7.15. The van der Waals surface area contributed by atoms with Gasteiger partial charge in [-0.25, -0.2) is 15.0 Å². The Morgan fingerprint density at radius 2 is 1.08 bits per heavy atom. The van der Waals surface area contributed by atoms with Crippen molar-refractivity contribution < 1.29 is 16.8 Å². The predicted octanol–water partition coefficient (Wildman–Crippen LogP) is 11.6. The standard InChI is InChI=1S/C45H26N4O/c1-3-13-27(14-4-1)43-46-44(28-15-5-2-6-16-28)48-45(47-43)30-18-11-17-29(25-30)31-21-12-24-38-39(31)35-26-34-32-19-7-9-22-36(32)49-37-23-10-8-20-33(37)40(41(34)49)42(35)50-38/h1-26H/i7D,8D,9D,10D,19D,20D,22D,23D,26D. The largest absolute Gasteiger partial charge is 0.455 e. The number of nitrogens with zero attached hydrogens (tertiary/aromatic N) is 4. The molecule has 0 aliphatic heterocycles. The summed E-state index contributed by atoms with van der Waals surface area (Å²) in [6, 6.07) is 29.2. The summed E-state index contributed by atoms with van der Waals surface area (Å²) in [6.07, 6.45) is 0. The zero-order valence-corrected chi connectivity index (χ0v) is 26.0. The van der Waals surface area contributed by atoms with Gasteiger partial charge in [0, 0.05) is 43.6 Å². The summed E-state index contributed by atoms with van der Waals surface area (Å²) < 4.78 is 88.4. The normalized spacial score (nSPS) is 14.5. The van der Waals surface area contributed by atoms with Crippen LogP contribution in [0.15, 0.2) is 162 Å². The molecule has 0 spiro atoms. The van der Waals surface area contributed by atoms with Crippen molar-refractivity contribution in [2.24, 2.45) is 0 Å². The average molecular weight is 648 g/mol. The number of fused-ring (bicyclic) bond motifs is 10. The molecule has 11 rings (SSSR count). The molecule has 11 aromatic rings. The first-order valence-electron chi connectivity index (χ1n) is 20.6. The number of hydrogen-bond donors (Lipinski definition) is 0. The van der Waals surface area contributed by atoms with Gasteiger partial charge in [-0.3, -0.25) is 0 Å². The van der Waals surface area contributed by atoms with E-state index in [2.05, 4.69) is 0 Å². The van der Waals surface area contributed by atoms with Crippen LogP contribution in [0.1, 0.15) is 12.3 Å². The molecule has 50 heavy (non-hydrogen) atoms. The highest BCUT2D eigenvalue weighted by Gasteiger charge is 2.24. The van der Waals surface area contributed by atoms with Crippen molar-refractivity contribution in [2.75, 3.05) is 0 Å². The summed E-state index contributed by atoms with van der Waals surface area (Å²) in [5.74, 6) is 1.48. The number of hydrogen-bond acceptors (Lipinski definition) is 4. The minimum Gasteiger partial charge on any atom is -0.455 e. The minimum absolute atomic E-state index is 0.0245. The lowest BCUT2D eigenvalue weighted by atomic mass is 9.96. The maximum Gasteiger partial charge on any atom is 0.164 e. The van der Waals surface area contributed by atoms with Gasteiger partial charge >= 0.3 is 0 Å². The van der Waals surface area contributed by atoms with Crippen molar-refractivity contribution in [1.29, 1.82) is 0 Å². The molecule has 0 aliphatic carbocycles. The van der Waals surface area contributed by atoms with E-state index < -0.39 is 24.2 Å². The number of furan rings is 1. The van der Waals surface area contributed by atoms with Crippen LogP contribution in [0, 0.1) is 0 Å². The van der Waals surface area contributed by atoms with Crippen molar-refractivity contribution in [3.63, 3.8) is 0 Å². The number of benzene rings is 7. The lowest BCUT2D eigenvalue weighted by Gasteiger charge is -2.10. The molecule has 4 aromatic heterocycles. The Labute approximate surface area is 298 Å². The van der Waals surface area contributed by atoms with E-state index in [0.717, 1.165) is 16.7 Å². The second kappa shape index (κ2) is 10.3. The van der Waals surface area contributed by atoms with Crippen LogP contribution in [0.3, 0.4) is 0 Å². The molecule has 4 heterocycles. The minimum atomic E-state index is -0.495. The summed E-state index contributed by atoms with van der Waals surface area (Å²) in [6.45, 7) is 0. The van der Waals surface area contributed by atoms with E-state index in [9.17, 15) is 1.37 Å². The van der Waals surface area contributed by atoms with Gasteiger partial charge in [0.15, 0.2) is 17.5 Å². The Hall–Kier alpha value is -6.85. The Balaban J connectivity index is 1.24. The van der Waals surface area contributed by atoms with Gasteiger partial charge in [0.05, 0.1) is 34.3 Å². The third-order valence-electron chi connectivity index (χ3n) is 9.30. The molecule has 0 fully saturated rings. The maximum atomic E-state index is 9.87. The van der Waals surface area contributed by atoms with Gasteiger partial charge < -0.3 is 8.82 Å². The van der Waals surface area contributed by atoms with E-state index in [1.165, 1.54) is 4.40 Å². The molecule has 0 saturated carbocycles. The highest BCUT2D eigenvalue weighted by molar-refractivity contribution is 6.33. The molecule has 5 heteroatoms. The van der Waals surface area contributed by atoms with Crippen LogP contribution >= 0.6 is 0 Å². The second-order valence-corrected chi connectivity index (χ2v) is 12.1. The van der Waals surface area contributed by atoms with Crippen LogP contribution in [-0.2, 0) is 0 Å². The predicted molar refractivity (Wildman–Crippen MR) is 204 cm³/mol. The Morgan fingerprint density at radius 3 is 1.80 bits per heavy atom. The lowest BCUT2D eigenvalue weighted by Crippen LogP contribution is -2.00. The molecule has 0 amide bonds. The van der Waals surface area contributed by atoms with E-state index in [1.54, 1.807) is 6.07 Å². The molecule has 0 unspecified atom stereocenters. The zero-order chi connectivity index (χ0) is 40.6. The summed E-state index contributed by atoms with van der Waals surface area (Å²) >= 11 is 0. The van der Waals surface area contributed by atoms with Crippen LogP contribution in [0.5, 0.6) is 0 Å². The Morgan fingerprint density at radius 1 is 0.500 bits per heavy atom. The van der Waals surface area contributed by atoms with Crippen molar-refractivity contribution in [1.82, 2.24) is 19.4 Å². The van der Waals surface area contributed by atoms with Gasteiger partial charge in [0.1, 0.15) is 11.2 Å². The second-order valence-electron chi connectivity index (χ2n) is 12.1. The van der Waals surface area contributed by atoms with E-state index in [-0.39, 0.29) is 68.5 Å². The van der Waals surface area contributed by atoms with Crippen LogP contribution in [0.25, 0.3) is 105 Å². The molecule has 0 N–H and O–H groups in total. The molecule has 0 saturated heterocycles. The van der Waals surface area contributed by atoms with Gasteiger partial charge in [0.25, 0.3) is 0 Å². The summed E-state index contributed by atoms with van der Waals surface area (Å²) in [5.41, 5.74) is 4.79. The maximum absolute atomic E-state index is 9.87. The van der Waals surface area contributed by atoms with E-state index >= 15 is 0 Å². The van der Waals surface area contributed by atoms with Crippen LogP contribution in [0.2, 0.25) is 0 Å². The van der Waals surface area contributed by atoms with Crippen LogP contribution < -0.4 is 0 Å². The molecule has 5 nitrogen and oxygen atoms in total. The number of rotatable bonds is 4. The quantitative estimate of drug-likeness (QED) is 0.191. The van der Waals surface area contributed by atoms with Gasteiger partial charge in [-0.15, -0.1) is 0 Å². The van der Waals surface area contributed by atoms with E-state index in [1.807, 2.05) is 97.1 Å². The number of aromatic nitrogens is 4.